The van der Waals surface area contributed by atoms with Gasteiger partial charge in [-0.05, 0) is 55.6 Å². The fourth-order valence-electron chi connectivity index (χ4n) is 2.57. The topological polar surface area (TPSA) is 38.5 Å². The van der Waals surface area contributed by atoms with Crippen molar-refractivity contribution in [1.82, 2.24) is 4.90 Å². The molecule has 1 aliphatic heterocycles. The van der Waals surface area contributed by atoms with Crippen LogP contribution in [-0.4, -0.2) is 31.7 Å². The number of nitrogens with two attached hydrogens (primary N) is 1. The number of likely N-dealkylation sites (tertiary alicyclic amines) is 1. The summed E-state index contributed by atoms with van der Waals surface area (Å²) in [5.74, 6) is 0.420. The molecule has 3 nitrogen and oxygen atoms in total. The number of piperidine rings is 1. The average molecular weight is 252 g/mol. The summed E-state index contributed by atoms with van der Waals surface area (Å²) in [6.07, 6.45) is 2.30. The summed E-state index contributed by atoms with van der Waals surface area (Å²) in [5.41, 5.74) is 7.11. The zero-order valence-electron chi connectivity index (χ0n) is 10.9. The molecule has 0 bridgehead atoms. The highest BCUT2D eigenvalue weighted by Gasteiger charge is 2.19. The molecule has 0 spiro atoms. The Balaban J connectivity index is 1.87. The minimum absolute atomic E-state index is 0.251. The predicted molar refractivity (Wildman–Crippen MR) is 70.7 cm³/mol. The molecule has 1 aliphatic rings. The summed E-state index contributed by atoms with van der Waals surface area (Å²) in [7, 11) is 1.75. The van der Waals surface area contributed by atoms with Crippen LogP contribution in [0.5, 0.6) is 0 Å². The third-order valence-electron chi connectivity index (χ3n) is 3.50. The summed E-state index contributed by atoms with van der Waals surface area (Å²) in [6.45, 7) is 3.72. The molecule has 1 aromatic rings. The first-order valence-corrected chi connectivity index (χ1v) is 6.43. The predicted octanol–water partition coefficient (Wildman–Crippen LogP) is 2.27. The quantitative estimate of drug-likeness (QED) is 0.835. The van der Waals surface area contributed by atoms with Gasteiger partial charge in [-0.2, -0.15) is 0 Å². The molecule has 4 heteroatoms. The summed E-state index contributed by atoms with van der Waals surface area (Å²) in [5, 5.41) is 0. The monoisotopic (exact) mass is 252 g/mol. The number of anilines is 1. The molecule has 18 heavy (non-hydrogen) atoms. The number of halogens is 1. The Hall–Kier alpha value is -1.13. The van der Waals surface area contributed by atoms with Gasteiger partial charge >= 0.3 is 0 Å². The van der Waals surface area contributed by atoms with Crippen molar-refractivity contribution < 1.29 is 9.13 Å². The highest BCUT2D eigenvalue weighted by atomic mass is 19.1. The van der Waals surface area contributed by atoms with Gasteiger partial charge in [-0.3, -0.25) is 4.90 Å². The highest BCUT2D eigenvalue weighted by molar-refractivity contribution is 5.41. The van der Waals surface area contributed by atoms with Gasteiger partial charge < -0.3 is 10.5 Å². The smallest absolute Gasteiger partial charge is 0.125 e. The zero-order chi connectivity index (χ0) is 13.0. The molecule has 0 amide bonds. The molecule has 0 aromatic heterocycles. The van der Waals surface area contributed by atoms with Crippen LogP contribution in [0.25, 0.3) is 0 Å². The number of rotatable bonds is 4. The van der Waals surface area contributed by atoms with Gasteiger partial charge in [0.25, 0.3) is 0 Å². The van der Waals surface area contributed by atoms with Crippen molar-refractivity contribution >= 4 is 5.69 Å². The van der Waals surface area contributed by atoms with Crippen LogP contribution in [0.3, 0.4) is 0 Å². The van der Waals surface area contributed by atoms with Crippen molar-refractivity contribution in [1.29, 1.82) is 0 Å². The maximum Gasteiger partial charge on any atom is 0.125 e. The van der Waals surface area contributed by atoms with Crippen LogP contribution >= 0.6 is 0 Å². The number of hydrogen-bond donors (Lipinski definition) is 1. The molecule has 1 aromatic carbocycles. The van der Waals surface area contributed by atoms with Crippen LogP contribution in [-0.2, 0) is 11.3 Å². The second-order valence-electron chi connectivity index (χ2n) is 5.07. The van der Waals surface area contributed by atoms with E-state index in [1.807, 2.05) is 6.07 Å². The van der Waals surface area contributed by atoms with Gasteiger partial charge in [0.1, 0.15) is 5.82 Å². The molecule has 0 aliphatic carbocycles. The molecule has 1 saturated heterocycles. The Kier molecular flexibility index (Phi) is 4.55. The number of methoxy groups -OCH3 is 1. The average Bonchev–Trinajstić information content (AvgIpc) is 2.31. The highest BCUT2D eigenvalue weighted by Crippen LogP contribution is 2.20. The fourth-order valence-corrected chi connectivity index (χ4v) is 2.57. The van der Waals surface area contributed by atoms with Crippen LogP contribution in [0.4, 0.5) is 10.1 Å². The summed E-state index contributed by atoms with van der Waals surface area (Å²) in [4.78, 5) is 2.35. The van der Waals surface area contributed by atoms with E-state index in [0.29, 0.717) is 11.6 Å². The molecule has 0 radical (unpaired) electrons. The number of nitrogen functional groups attached to an aromatic ring is 1. The van der Waals surface area contributed by atoms with E-state index in [1.165, 1.54) is 6.07 Å². The minimum atomic E-state index is -0.251. The molecule has 100 valence electrons. The van der Waals surface area contributed by atoms with E-state index in [-0.39, 0.29) is 5.82 Å². The van der Waals surface area contributed by atoms with Gasteiger partial charge in [-0.25, -0.2) is 4.39 Å². The van der Waals surface area contributed by atoms with Crippen molar-refractivity contribution in [2.45, 2.75) is 19.4 Å². The Morgan fingerprint density at radius 2 is 2.06 bits per heavy atom. The van der Waals surface area contributed by atoms with Crippen molar-refractivity contribution in [2.75, 3.05) is 32.5 Å². The molecular weight excluding hydrogens is 231 g/mol. The maximum absolute atomic E-state index is 13.2. The lowest BCUT2D eigenvalue weighted by atomic mass is 9.97. The summed E-state index contributed by atoms with van der Waals surface area (Å²) >= 11 is 0. The Bertz CT molecular complexity index is 369. The molecule has 2 N–H and O–H groups in total. The van der Waals surface area contributed by atoms with Gasteiger partial charge in [0.2, 0.25) is 0 Å². The van der Waals surface area contributed by atoms with Gasteiger partial charge in [0.05, 0.1) is 0 Å². The van der Waals surface area contributed by atoms with Crippen molar-refractivity contribution in [2.24, 2.45) is 5.92 Å². The summed E-state index contributed by atoms with van der Waals surface area (Å²) < 4.78 is 18.4. The van der Waals surface area contributed by atoms with E-state index in [9.17, 15) is 4.39 Å². The largest absolute Gasteiger partial charge is 0.399 e. The third-order valence-corrected chi connectivity index (χ3v) is 3.50. The van der Waals surface area contributed by atoms with Crippen molar-refractivity contribution in [3.8, 4) is 0 Å². The molecule has 0 unspecified atom stereocenters. The van der Waals surface area contributed by atoms with E-state index < -0.39 is 0 Å². The maximum atomic E-state index is 13.2. The molecule has 0 atom stereocenters. The Labute approximate surface area is 108 Å². The number of hydrogen-bond acceptors (Lipinski definition) is 3. The van der Waals surface area contributed by atoms with Crippen LogP contribution < -0.4 is 5.73 Å². The summed E-state index contributed by atoms with van der Waals surface area (Å²) in [6, 6.07) is 4.77. The first kappa shape index (κ1) is 13.3. The van der Waals surface area contributed by atoms with Crippen LogP contribution in [0.2, 0.25) is 0 Å². The lowest BCUT2D eigenvalue weighted by Crippen LogP contribution is -2.34. The molecule has 1 heterocycles. The van der Waals surface area contributed by atoms with E-state index in [4.69, 9.17) is 10.5 Å². The third kappa shape index (κ3) is 3.68. The van der Waals surface area contributed by atoms with Gasteiger partial charge in [-0.1, -0.05) is 0 Å². The fraction of sp³-hybridized carbons (Fsp3) is 0.571. The second kappa shape index (κ2) is 6.16. The lowest BCUT2D eigenvalue weighted by molar-refractivity contribution is 0.0968. The molecular formula is C14H21FN2O. The van der Waals surface area contributed by atoms with Gasteiger partial charge in [-0.15, -0.1) is 0 Å². The first-order chi connectivity index (χ1) is 8.67. The standard InChI is InChI=1S/C14H21FN2O/c1-18-10-11-2-4-17(5-3-11)9-12-6-13(15)8-14(16)7-12/h6-8,11H,2-5,9-10,16H2,1H3. The first-order valence-electron chi connectivity index (χ1n) is 6.43. The lowest BCUT2D eigenvalue weighted by Gasteiger charge is -2.31. The second-order valence-corrected chi connectivity index (χ2v) is 5.07. The zero-order valence-corrected chi connectivity index (χ0v) is 10.9. The Morgan fingerprint density at radius 3 is 2.67 bits per heavy atom. The van der Waals surface area contributed by atoms with Gasteiger partial charge in [0.15, 0.2) is 0 Å². The molecule has 2 rings (SSSR count). The van der Waals surface area contributed by atoms with E-state index in [2.05, 4.69) is 4.90 Å². The van der Waals surface area contributed by atoms with Crippen molar-refractivity contribution in [3.63, 3.8) is 0 Å². The van der Waals surface area contributed by atoms with E-state index in [0.717, 1.165) is 44.6 Å². The Morgan fingerprint density at radius 1 is 1.33 bits per heavy atom. The van der Waals surface area contributed by atoms with Crippen LogP contribution in [0.15, 0.2) is 18.2 Å². The SMILES string of the molecule is COCC1CCN(Cc2cc(N)cc(F)c2)CC1. The van der Waals surface area contributed by atoms with E-state index >= 15 is 0 Å². The van der Waals surface area contributed by atoms with Gasteiger partial charge in [0, 0.05) is 25.9 Å². The normalized spacial score (nSPS) is 18.1. The van der Waals surface area contributed by atoms with Crippen molar-refractivity contribution in [3.05, 3.63) is 29.6 Å². The molecule has 0 saturated carbocycles. The number of ether oxygens (including phenoxy) is 1. The minimum Gasteiger partial charge on any atom is -0.399 e. The van der Waals surface area contributed by atoms with Crippen LogP contribution in [0.1, 0.15) is 18.4 Å². The number of benzene rings is 1. The van der Waals surface area contributed by atoms with Crippen LogP contribution in [0, 0.1) is 11.7 Å². The van der Waals surface area contributed by atoms with E-state index in [1.54, 1.807) is 13.2 Å². The number of nitrogens with zero attached hydrogens (tertiary/aromatic N) is 1. The molecule has 1 fully saturated rings.